The molecule has 0 spiro atoms. The molecule has 0 aliphatic rings. The molecule has 0 aliphatic heterocycles. The van der Waals surface area contributed by atoms with Gasteiger partial charge in [0.2, 0.25) is 0 Å². The molecule has 8 nitrogen and oxygen atoms in total. The number of aryl methyl sites for hydroxylation is 1. The molecular weight excluding hydrogens is 476 g/mol. The van der Waals surface area contributed by atoms with Gasteiger partial charge in [0.05, 0.1) is 23.2 Å². The van der Waals surface area contributed by atoms with Gasteiger partial charge in [0.15, 0.2) is 5.82 Å². The Morgan fingerprint density at radius 3 is 2.56 bits per heavy atom. The number of nitrogens with zero attached hydrogens (tertiary/aromatic N) is 2. The maximum Gasteiger partial charge on any atom is 0.298 e. The van der Waals surface area contributed by atoms with E-state index in [0.29, 0.717) is 43.8 Å². The molecule has 3 aromatic carbocycles. The van der Waals surface area contributed by atoms with Crippen LogP contribution in [0.4, 0.5) is 11.5 Å². The van der Waals surface area contributed by atoms with Crippen molar-refractivity contribution in [2.24, 2.45) is 0 Å². The normalized spacial score (nSPS) is 10.8. The highest BCUT2D eigenvalue weighted by Crippen LogP contribution is 2.31. The second-order valence-corrected chi connectivity index (χ2v) is 9.02. The number of rotatable bonds is 6. The van der Waals surface area contributed by atoms with Crippen LogP contribution in [0, 0.1) is 6.92 Å². The van der Waals surface area contributed by atoms with Gasteiger partial charge in [-0.3, -0.25) is 14.2 Å². The van der Waals surface area contributed by atoms with E-state index in [1.54, 1.807) is 49.6 Å². The number of nitrogens with one attached hydrogen (secondary N) is 1. The number of methoxy groups -OCH3 is 1. The smallest absolute Gasteiger partial charge is 0.298 e. The first-order chi connectivity index (χ1) is 17.4. The van der Waals surface area contributed by atoms with Crippen LogP contribution in [0.3, 0.4) is 0 Å². The van der Waals surface area contributed by atoms with Gasteiger partial charge in [0, 0.05) is 17.8 Å². The first kappa shape index (κ1) is 23.1. The molecule has 0 radical (unpaired) electrons. The number of benzene rings is 3. The Balaban J connectivity index is 1.55. The van der Waals surface area contributed by atoms with Crippen LogP contribution in [0.5, 0.6) is 17.2 Å². The minimum Gasteiger partial charge on any atom is -0.497 e. The van der Waals surface area contributed by atoms with Gasteiger partial charge in [-0.25, -0.2) is 4.98 Å². The number of amides is 1. The van der Waals surface area contributed by atoms with E-state index >= 15 is 0 Å². The van der Waals surface area contributed by atoms with Gasteiger partial charge in [-0.05, 0) is 48.9 Å². The van der Waals surface area contributed by atoms with Crippen molar-refractivity contribution in [2.45, 2.75) is 6.92 Å². The van der Waals surface area contributed by atoms with Crippen LogP contribution >= 0.6 is 11.3 Å². The maximum absolute atomic E-state index is 13.1. The van der Waals surface area contributed by atoms with E-state index in [1.165, 1.54) is 4.57 Å². The van der Waals surface area contributed by atoms with Crippen molar-refractivity contribution in [2.75, 3.05) is 18.2 Å². The molecule has 3 N–H and O–H groups in total. The van der Waals surface area contributed by atoms with E-state index in [-0.39, 0.29) is 11.7 Å². The molecule has 180 valence electrons. The summed E-state index contributed by atoms with van der Waals surface area (Å²) in [5.74, 6) is 1.41. The highest BCUT2D eigenvalue weighted by atomic mass is 32.1. The van der Waals surface area contributed by atoms with E-state index in [2.05, 4.69) is 10.3 Å². The Hall–Kier alpha value is -4.63. The van der Waals surface area contributed by atoms with Crippen molar-refractivity contribution in [3.8, 4) is 22.9 Å². The highest BCUT2D eigenvalue weighted by Gasteiger charge is 2.18. The van der Waals surface area contributed by atoms with Crippen molar-refractivity contribution in [1.82, 2.24) is 9.55 Å². The number of para-hydroxylation sites is 1. The van der Waals surface area contributed by atoms with E-state index in [0.717, 1.165) is 16.9 Å². The van der Waals surface area contributed by atoms with Crippen molar-refractivity contribution in [1.29, 1.82) is 0 Å². The average molecular weight is 499 g/mol. The predicted octanol–water partition coefficient (Wildman–Crippen LogP) is 5.39. The fraction of sp³-hybridized carbons (Fsp3) is 0.0741. The molecule has 2 aromatic heterocycles. The summed E-state index contributed by atoms with van der Waals surface area (Å²) in [6.07, 6.45) is 0. The number of hydrogen-bond acceptors (Lipinski definition) is 7. The summed E-state index contributed by atoms with van der Waals surface area (Å²) in [4.78, 5) is 31.2. The Labute approximate surface area is 210 Å². The molecule has 0 bridgehead atoms. The summed E-state index contributed by atoms with van der Waals surface area (Å²) in [6.45, 7) is 1.92. The lowest BCUT2D eigenvalue weighted by atomic mass is 10.2. The third-order valence-corrected chi connectivity index (χ3v) is 6.55. The Kier molecular flexibility index (Phi) is 6.14. The number of ether oxygens (including phenoxy) is 2. The molecule has 0 saturated carbocycles. The SMILES string of the molecule is COc1cccc(NC(=O)c2cc3c(nc(N)c(=O)n3-c3ccc(C)c(Oc4ccccc4)c3)s2)c1. The molecule has 0 aliphatic carbocycles. The van der Waals surface area contributed by atoms with Gasteiger partial charge in [-0.2, -0.15) is 0 Å². The number of thiophene rings is 1. The summed E-state index contributed by atoms with van der Waals surface area (Å²) in [7, 11) is 1.56. The molecule has 5 rings (SSSR count). The molecule has 0 saturated heterocycles. The van der Waals surface area contributed by atoms with Crippen molar-refractivity contribution < 1.29 is 14.3 Å². The zero-order valence-corrected chi connectivity index (χ0v) is 20.3. The molecule has 0 fully saturated rings. The van der Waals surface area contributed by atoms with Crippen molar-refractivity contribution >= 4 is 39.1 Å². The fourth-order valence-corrected chi connectivity index (χ4v) is 4.63. The predicted molar refractivity (Wildman–Crippen MR) is 142 cm³/mol. The summed E-state index contributed by atoms with van der Waals surface area (Å²) in [6, 6.07) is 23.5. The van der Waals surface area contributed by atoms with Crippen LogP contribution in [0.15, 0.2) is 83.7 Å². The third kappa shape index (κ3) is 4.51. The number of fused-ring (bicyclic) bond motifs is 1. The summed E-state index contributed by atoms with van der Waals surface area (Å²) >= 11 is 1.15. The number of aromatic nitrogens is 2. The number of hydrogen-bond donors (Lipinski definition) is 2. The first-order valence-corrected chi connectivity index (χ1v) is 11.9. The highest BCUT2D eigenvalue weighted by molar-refractivity contribution is 7.20. The summed E-state index contributed by atoms with van der Waals surface area (Å²) in [5.41, 5.74) is 8.01. The van der Waals surface area contributed by atoms with Crippen LogP contribution in [0.1, 0.15) is 15.2 Å². The molecule has 5 aromatic rings. The number of carbonyl (C=O) groups is 1. The molecule has 1 amide bonds. The van der Waals surface area contributed by atoms with Gasteiger partial charge < -0.3 is 20.5 Å². The molecule has 36 heavy (non-hydrogen) atoms. The number of carbonyl (C=O) groups excluding carboxylic acids is 1. The topological polar surface area (TPSA) is 108 Å². The van der Waals surface area contributed by atoms with Gasteiger partial charge >= 0.3 is 0 Å². The molecule has 0 unspecified atom stereocenters. The van der Waals surface area contributed by atoms with E-state index < -0.39 is 5.56 Å². The van der Waals surface area contributed by atoms with Crippen LogP contribution in [0.2, 0.25) is 0 Å². The maximum atomic E-state index is 13.1. The monoisotopic (exact) mass is 498 g/mol. The lowest BCUT2D eigenvalue weighted by molar-refractivity contribution is 0.103. The summed E-state index contributed by atoms with van der Waals surface area (Å²) in [5, 5.41) is 2.85. The second-order valence-electron chi connectivity index (χ2n) is 7.99. The van der Waals surface area contributed by atoms with Gasteiger partial charge in [-0.15, -0.1) is 11.3 Å². The number of anilines is 2. The molecule has 2 heterocycles. The molecular formula is C27H22N4O4S. The third-order valence-electron chi connectivity index (χ3n) is 5.53. The standard InChI is InChI=1S/C27H22N4O4S/c1-16-11-12-18(14-22(16)35-19-8-4-3-5-9-19)31-21-15-23(36-26(21)30-24(28)27(31)33)25(32)29-17-7-6-10-20(13-17)34-2/h3-15H,1-2H3,(H2,28,30)(H,29,32). The lowest BCUT2D eigenvalue weighted by Gasteiger charge is -2.13. The zero-order chi connectivity index (χ0) is 25.2. The Morgan fingerprint density at radius 2 is 1.78 bits per heavy atom. The molecule has 0 atom stereocenters. The van der Waals surface area contributed by atoms with Crippen LogP contribution in [-0.4, -0.2) is 22.6 Å². The van der Waals surface area contributed by atoms with Crippen molar-refractivity contribution in [3.63, 3.8) is 0 Å². The Bertz CT molecular complexity index is 1640. The van der Waals surface area contributed by atoms with Crippen molar-refractivity contribution in [3.05, 3.63) is 99.7 Å². The van der Waals surface area contributed by atoms with Gasteiger partial charge in [0.25, 0.3) is 11.5 Å². The molecule has 9 heteroatoms. The summed E-state index contributed by atoms with van der Waals surface area (Å²) < 4.78 is 12.7. The van der Waals surface area contributed by atoms with Crippen LogP contribution in [-0.2, 0) is 0 Å². The van der Waals surface area contributed by atoms with E-state index in [1.807, 2.05) is 43.3 Å². The number of nitrogen functional groups attached to an aromatic ring is 1. The lowest BCUT2D eigenvalue weighted by Crippen LogP contribution is -2.23. The van der Waals surface area contributed by atoms with Gasteiger partial charge in [-0.1, -0.05) is 30.3 Å². The Morgan fingerprint density at radius 1 is 1.00 bits per heavy atom. The first-order valence-electron chi connectivity index (χ1n) is 11.0. The van der Waals surface area contributed by atoms with E-state index in [9.17, 15) is 9.59 Å². The largest absolute Gasteiger partial charge is 0.497 e. The van der Waals surface area contributed by atoms with Crippen LogP contribution < -0.4 is 26.1 Å². The van der Waals surface area contributed by atoms with E-state index in [4.69, 9.17) is 15.2 Å². The second kappa shape index (κ2) is 9.55. The minimum atomic E-state index is -0.477. The van der Waals surface area contributed by atoms with Crippen LogP contribution in [0.25, 0.3) is 16.0 Å². The zero-order valence-electron chi connectivity index (χ0n) is 19.5. The fourth-order valence-electron chi connectivity index (χ4n) is 3.71. The average Bonchev–Trinajstić information content (AvgIpc) is 3.30. The quantitative estimate of drug-likeness (QED) is 0.325. The minimum absolute atomic E-state index is 0.157. The number of nitrogens with two attached hydrogens (primary N) is 1. The van der Waals surface area contributed by atoms with Gasteiger partial charge in [0.1, 0.15) is 22.1 Å².